The van der Waals surface area contributed by atoms with E-state index in [4.69, 9.17) is 36.4 Å². The number of nitrogens with zero attached hydrogens (tertiary/aromatic N) is 2. The van der Waals surface area contributed by atoms with Crippen LogP contribution in [0.1, 0.15) is 51.6 Å². The highest BCUT2D eigenvalue weighted by atomic mass is 19.4. The normalized spacial score (nSPS) is 13.9. The lowest BCUT2D eigenvalue weighted by Gasteiger charge is -2.33. The van der Waals surface area contributed by atoms with Gasteiger partial charge in [-0.2, -0.15) is 26.3 Å². The molecule has 2 aromatic rings. The van der Waals surface area contributed by atoms with Crippen molar-refractivity contribution in [2.24, 2.45) is 11.5 Å². The minimum absolute atomic E-state index is 0.00429. The van der Waals surface area contributed by atoms with Crippen molar-refractivity contribution < 1.29 is 70.4 Å². The number of benzene rings is 2. The number of primary amides is 1. The molecule has 0 atom stereocenters. The summed E-state index contributed by atoms with van der Waals surface area (Å²) in [5.74, 6) is -7.21. The van der Waals surface area contributed by atoms with Crippen LogP contribution < -0.4 is 21.7 Å². The van der Waals surface area contributed by atoms with E-state index in [-0.39, 0.29) is 24.4 Å². The van der Waals surface area contributed by atoms with Crippen molar-refractivity contribution in [2.75, 3.05) is 31.1 Å². The molecule has 3 amide bonds. The number of aliphatic carboxylic acids is 3. The van der Waals surface area contributed by atoms with Crippen LogP contribution in [0.5, 0.6) is 0 Å². The fourth-order valence-electron chi connectivity index (χ4n) is 4.49. The van der Waals surface area contributed by atoms with Gasteiger partial charge in [0.05, 0.1) is 0 Å². The van der Waals surface area contributed by atoms with Gasteiger partial charge in [0.25, 0.3) is 5.91 Å². The molecule has 0 spiro atoms. The van der Waals surface area contributed by atoms with E-state index in [1.54, 1.807) is 35.2 Å². The Morgan fingerprint density at radius 1 is 0.880 bits per heavy atom. The van der Waals surface area contributed by atoms with Crippen LogP contribution in [0.3, 0.4) is 0 Å². The molecule has 50 heavy (non-hydrogen) atoms. The summed E-state index contributed by atoms with van der Waals surface area (Å²) in [4.78, 5) is 67.0. The van der Waals surface area contributed by atoms with Crippen molar-refractivity contribution >= 4 is 41.3 Å². The number of hydrogen-bond acceptors (Lipinski definition) is 8. The molecule has 14 nitrogen and oxygen atoms in total. The Kier molecular flexibility index (Phi) is 16.3. The molecule has 20 heteroatoms. The van der Waals surface area contributed by atoms with Crippen LogP contribution in [-0.4, -0.2) is 100 Å². The Labute approximate surface area is 280 Å². The Hall–Kier alpha value is -5.24. The molecular weight excluding hydrogens is 688 g/mol. The van der Waals surface area contributed by atoms with Gasteiger partial charge in [-0.25, -0.2) is 9.59 Å². The summed E-state index contributed by atoms with van der Waals surface area (Å²) in [6, 6.07) is 12.3. The molecule has 2 heterocycles. The van der Waals surface area contributed by atoms with Crippen LogP contribution in [0.4, 0.5) is 32.0 Å². The fourth-order valence-corrected chi connectivity index (χ4v) is 4.49. The summed E-state index contributed by atoms with van der Waals surface area (Å²) in [5, 5.41) is 26.5. The SMILES string of the molecule is CC(=O)N1CCc2ccc(C(N)=O)cc21.NCc1cccc(C(=O)N(CC(=O)O)C2CCNCC2)c1.O=C(O)C(F)(F)F.O=C(O)C(F)(F)F. The maximum absolute atomic E-state index is 12.6. The van der Waals surface area contributed by atoms with Crippen molar-refractivity contribution in [3.05, 3.63) is 64.7 Å². The van der Waals surface area contributed by atoms with E-state index in [0.717, 1.165) is 49.2 Å². The Balaban J connectivity index is 0.000000374. The number of piperidine rings is 1. The standard InChI is InChI=1S/C15H21N3O3.C11H12N2O2.2C2HF3O2/c16-9-11-2-1-3-12(8-11)15(21)18(10-14(19)20)13-4-6-17-7-5-13;1-7(14)13-5-4-8-2-3-9(11(12)15)6-10(8)13;2*3-2(4,5)1(6)7/h1-3,8,13,17H,4-7,9-10,16H2,(H,19,20);2-3,6H,4-5H2,1H3,(H2,12,15);2*(H,6,7). The first-order chi connectivity index (χ1) is 23.1. The van der Waals surface area contributed by atoms with E-state index in [0.29, 0.717) is 24.2 Å². The maximum Gasteiger partial charge on any atom is 0.490 e. The van der Waals surface area contributed by atoms with Crippen molar-refractivity contribution in [3.8, 4) is 0 Å². The minimum atomic E-state index is -5.08. The van der Waals surface area contributed by atoms with E-state index in [1.807, 2.05) is 12.1 Å². The quantitative estimate of drug-likeness (QED) is 0.237. The zero-order chi connectivity index (χ0) is 38.4. The molecule has 0 aliphatic carbocycles. The van der Waals surface area contributed by atoms with Crippen molar-refractivity contribution in [3.63, 3.8) is 0 Å². The van der Waals surface area contributed by atoms with E-state index < -0.39 is 36.2 Å². The summed E-state index contributed by atoms with van der Waals surface area (Å²) in [6.45, 7) is 3.90. The lowest BCUT2D eigenvalue weighted by atomic mass is 10.0. The summed E-state index contributed by atoms with van der Waals surface area (Å²) in [6.07, 6.45) is -7.78. The zero-order valence-corrected chi connectivity index (χ0v) is 26.4. The average Bonchev–Trinajstić information content (AvgIpc) is 3.47. The lowest BCUT2D eigenvalue weighted by molar-refractivity contribution is -0.193. The van der Waals surface area contributed by atoms with Gasteiger partial charge in [0.2, 0.25) is 11.8 Å². The number of anilines is 1. The third kappa shape index (κ3) is 14.1. The topological polar surface area (TPSA) is 234 Å². The van der Waals surface area contributed by atoms with Gasteiger partial charge in [-0.15, -0.1) is 0 Å². The van der Waals surface area contributed by atoms with Gasteiger partial charge in [-0.1, -0.05) is 18.2 Å². The van der Waals surface area contributed by atoms with E-state index in [1.165, 1.54) is 11.8 Å². The highest BCUT2D eigenvalue weighted by molar-refractivity contribution is 5.98. The summed E-state index contributed by atoms with van der Waals surface area (Å²) >= 11 is 0. The molecule has 1 fully saturated rings. The van der Waals surface area contributed by atoms with Gasteiger partial charge in [-0.05, 0) is 67.7 Å². The molecule has 2 aromatic carbocycles. The second-order valence-electron chi connectivity index (χ2n) is 10.4. The van der Waals surface area contributed by atoms with Crippen molar-refractivity contribution in [1.29, 1.82) is 0 Å². The molecular formula is C30H35F6N5O9. The number of rotatable bonds is 6. The van der Waals surface area contributed by atoms with Crippen LogP contribution >= 0.6 is 0 Å². The van der Waals surface area contributed by atoms with Gasteiger partial charge in [0.1, 0.15) is 6.54 Å². The number of fused-ring (bicyclic) bond motifs is 1. The number of nitrogens with one attached hydrogen (secondary N) is 1. The molecule has 8 N–H and O–H groups in total. The van der Waals surface area contributed by atoms with Crippen LogP contribution in [0.2, 0.25) is 0 Å². The molecule has 0 bridgehead atoms. The summed E-state index contributed by atoms with van der Waals surface area (Å²) in [5.41, 5.74) is 14.5. The van der Waals surface area contributed by atoms with Gasteiger partial charge in [-0.3, -0.25) is 19.2 Å². The van der Waals surface area contributed by atoms with Crippen LogP contribution in [0, 0.1) is 0 Å². The van der Waals surface area contributed by atoms with Crippen LogP contribution in [-0.2, 0) is 32.1 Å². The van der Waals surface area contributed by atoms with Crippen molar-refractivity contribution in [2.45, 2.75) is 51.1 Å². The second kappa shape index (κ2) is 19.1. The smallest absolute Gasteiger partial charge is 0.480 e. The largest absolute Gasteiger partial charge is 0.490 e. The fraction of sp³-hybridized carbons (Fsp3) is 0.400. The number of carboxylic acid groups (broad SMARTS) is 3. The molecule has 1 saturated heterocycles. The third-order valence-corrected chi connectivity index (χ3v) is 6.86. The van der Waals surface area contributed by atoms with E-state index in [2.05, 4.69) is 5.32 Å². The number of amides is 3. The lowest BCUT2D eigenvalue weighted by Crippen LogP contribution is -2.48. The highest BCUT2D eigenvalue weighted by Crippen LogP contribution is 2.29. The Morgan fingerprint density at radius 2 is 1.42 bits per heavy atom. The Morgan fingerprint density at radius 3 is 1.86 bits per heavy atom. The summed E-state index contributed by atoms with van der Waals surface area (Å²) in [7, 11) is 0. The number of alkyl halides is 6. The number of carbonyl (C=O) groups is 6. The van der Waals surface area contributed by atoms with Gasteiger partial charge >= 0.3 is 30.3 Å². The zero-order valence-electron chi connectivity index (χ0n) is 26.4. The third-order valence-electron chi connectivity index (χ3n) is 6.86. The molecule has 0 radical (unpaired) electrons. The van der Waals surface area contributed by atoms with E-state index in [9.17, 15) is 45.5 Å². The molecule has 0 saturated carbocycles. The second-order valence-corrected chi connectivity index (χ2v) is 10.4. The molecule has 0 unspecified atom stereocenters. The predicted octanol–water partition coefficient (Wildman–Crippen LogP) is 2.39. The van der Waals surface area contributed by atoms with Crippen LogP contribution in [0.15, 0.2) is 42.5 Å². The average molecular weight is 724 g/mol. The first-order valence-electron chi connectivity index (χ1n) is 14.4. The molecule has 2 aliphatic rings. The van der Waals surface area contributed by atoms with E-state index >= 15 is 0 Å². The van der Waals surface area contributed by atoms with Gasteiger partial charge < -0.3 is 41.9 Å². The summed E-state index contributed by atoms with van der Waals surface area (Å²) < 4.78 is 63.5. The van der Waals surface area contributed by atoms with Crippen molar-refractivity contribution in [1.82, 2.24) is 10.2 Å². The monoisotopic (exact) mass is 723 g/mol. The molecule has 276 valence electrons. The minimum Gasteiger partial charge on any atom is -0.480 e. The number of halogens is 6. The van der Waals surface area contributed by atoms with Gasteiger partial charge in [0.15, 0.2) is 0 Å². The molecule has 4 rings (SSSR count). The number of carboxylic acids is 3. The number of hydrogen-bond donors (Lipinski definition) is 6. The number of carbonyl (C=O) groups excluding carboxylic acids is 3. The predicted molar refractivity (Wildman–Crippen MR) is 163 cm³/mol. The highest BCUT2D eigenvalue weighted by Gasteiger charge is 2.39. The number of nitrogens with two attached hydrogens (primary N) is 2. The maximum atomic E-state index is 12.6. The first kappa shape index (κ1) is 42.8. The molecule has 2 aliphatic heterocycles. The molecule has 0 aromatic heterocycles. The van der Waals surface area contributed by atoms with Gasteiger partial charge in [0, 0.05) is 42.9 Å². The first-order valence-corrected chi connectivity index (χ1v) is 14.4. The Bertz CT molecular complexity index is 1510. The van der Waals surface area contributed by atoms with Crippen LogP contribution in [0.25, 0.3) is 0 Å².